The Morgan fingerprint density at radius 1 is 1.06 bits per heavy atom. The standard InChI is InChI=1S/C28H38O6/c1-15-11-23(33-24(32)18(15)14-29)27(4)21-8-10-28(34-27)20-6-5-16-12-17(30)13-22(31)26(16,3)19(20)7-9-25(21,28)2/h5,17,19-21,23,29-30H,6-14H2,1-4H3/t17-,19+,20-,21+,23-,25-,26+,27-,28-/m1/s1. The third-order valence-electron chi connectivity index (χ3n) is 11.5. The number of rotatable bonds is 2. The number of fused-ring (bicyclic) bond motifs is 3. The van der Waals surface area contributed by atoms with Crippen molar-refractivity contribution in [3.05, 3.63) is 22.8 Å². The highest BCUT2D eigenvalue weighted by Gasteiger charge is 2.78. The van der Waals surface area contributed by atoms with Crippen LogP contribution in [0, 0.1) is 28.6 Å². The predicted molar refractivity (Wildman–Crippen MR) is 125 cm³/mol. The average Bonchev–Trinajstić information content (AvgIpc) is 3.18. The van der Waals surface area contributed by atoms with E-state index >= 15 is 0 Å². The molecule has 0 unspecified atom stereocenters. The number of ether oxygens (including phenoxy) is 2. The van der Waals surface area contributed by atoms with Crippen molar-refractivity contribution < 1.29 is 29.3 Å². The Morgan fingerprint density at radius 3 is 2.53 bits per heavy atom. The van der Waals surface area contributed by atoms with E-state index in [1.54, 1.807) is 0 Å². The van der Waals surface area contributed by atoms with Crippen molar-refractivity contribution in [2.75, 3.05) is 6.61 Å². The lowest BCUT2D eigenvalue weighted by molar-refractivity contribution is -0.232. The van der Waals surface area contributed by atoms with Crippen LogP contribution < -0.4 is 0 Å². The number of hydrogen-bond donors (Lipinski definition) is 2. The summed E-state index contributed by atoms with van der Waals surface area (Å²) < 4.78 is 13.2. The number of carbonyl (C=O) groups is 2. The van der Waals surface area contributed by atoms with Gasteiger partial charge < -0.3 is 19.7 Å². The normalized spacial score (nSPS) is 52.1. The molecule has 3 saturated carbocycles. The van der Waals surface area contributed by atoms with Gasteiger partial charge in [-0.1, -0.05) is 24.1 Å². The Morgan fingerprint density at radius 2 is 1.82 bits per heavy atom. The molecule has 0 aromatic heterocycles. The van der Waals surface area contributed by atoms with Crippen LogP contribution in [0.2, 0.25) is 0 Å². The van der Waals surface area contributed by atoms with E-state index < -0.39 is 23.1 Å². The molecule has 0 aromatic rings. The van der Waals surface area contributed by atoms with E-state index in [1.807, 2.05) is 6.92 Å². The molecule has 0 aromatic carbocycles. The summed E-state index contributed by atoms with van der Waals surface area (Å²) in [6.45, 7) is 8.26. The molecule has 6 rings (SSSR count). The van der Waals surface area contributed by atoms with Crippen LogP contribution in [0.4, 0.5) is 0 Å². The van der Waals surface area contributed by atoms with Crippen LogP contribution in [-0.4, -0.2) is 52.0 Å². The van der Waals surface area contributed by atoms with Crippen LogP contribution >= 0.6 is 0 Å². The van der Waals surface area contributed by atoms with Gasteiger partial charge in [-0.15, -0.1) is 0 Å². The summed E-state index contributed by atoms with van der Waals surface area (Å²) in [7, 11) is 0. The van der Waals surface area contributed by atoms with Crippen molar-refractivity contribution in [3.8, 4) is 0 Å². The number of esters is 1. The second kappa shape index (κ2) is 7.04. The molecule has 34 heavy (non-hydrogen) atoms. The molecule has 2 bridgehead atoms. The summed E-state index contributed by atoms with van der Waals surface area (Å²) in [5.74, 6) is 0.509. The monoisotopic (exact) mass is 470 g/mol. The first-order chi connectivity index (χ1) is 16.0. The Labute approximate surface area is 201 Å². The lowest BCUT2D eigenvalue weighted by Crippen LogP contribution is -2.61. The molecule has 9 atom stereocenters. The van der Waals surface area contributed by atoms with Crippen LogP contribution in [0.1, 0.15) is 79.1 Å². The first-order valence-electron chi connectivity index (χ1n) is 13.1. The molecule has 0 spiro atoms. The number of cyclic esters (lactones) is 1. The Kier molecular flexibility index (Phi) is 4.75. The average molecular weight is 471 g/mol. The molecule has 6 aliphatic rings. The fraction of sp³-hybridized carbons (Fsp3) is 0.786. The fourth-order valence-electron chi connectivity index (χ4n) is 9.69. The van der Waals surface area contributed by atoms with Gasteiger partial charge in [0.15, 0.2) is 0 Å². The summed E-state index contributed by atoms with van der Waals surface area (Å²) in [4.78, 5) is 26.0. The molecule has 4 fully saturated rings. The molecular weight excluding hydrogens is 432 g/mol. The number of carbonyl (C=O) groups excluding carboxylic acids is 2. The van der Waals surface area contributed by atoms with Crippen molar-refractivity contribution in [1.29, 1.82) is 0 Å². The Bertz CT molecular complexity index is 1030. The maximum Gasteiger partial charge on any atom is 0.336 e. The summed E-state index contributed by atoms with van der Waals surface area (Å²) in [6.07, 6.45) is 7.67. The highest BCUT2D eigenvalue weighted by molar-refractivity contribution is 5.91. The van der Waals surface area contributed by atoms with Crippen LogP contribution in [0.3, 0.4) is 0 Å². The number of aliphatic hydroxyl groups is 2. The fourth-order valence-corrected chi connectivity index (χ4v) is 9.69. The number of allylic oxidation sites excluding steroid dienone is 1. The van der Waals surface area contributed by atoms with E-state index in [0.29, 0.717) is 18.4 Å². The van der Waals surface area contributed by atoms with Gasteiger partial charge in [0.25, 0.3) is 0 Å². The summed E-state index contributed by atoms with van der Waals surface area (Å²) in [5.41, 5.74) is 0.945. The van der Waals surface area contributed by atoms with E-state index in [4.69, 9.17) is 9.47 Å². The van der Waals surface area contributed by atoms with Gasteiger partial charge in [-0.25, -0.2) is 4.79 Å². The highest BCUT2D eigenvalue weighted by atomic mass is 16.6. The molecule has 0 radical (unpaired) electrons. The molecule has 6 heteroatoms. The molecule has 1 saturated heterocycles. The predicted octanol–water partition coefficient (Wildman–Crippen LogP) is 3.64. The third-order valence-corrected chi connectivity index (χ3v) is 11.5. The minimum Gasteiger partial charge on any atom is -0.456 e. The first kappa shape index (κ1) is 22.9. The molecule has 2 N–H and O–H groups in total. The molecule has 4 aliphatic carbocycles. The smallest absolute Gasteiger partial charge is 0.336 e. The van der Waals surface area contributed by atoms with Crippen molar-refractivity contribution in [1.82, 2.24) is 0 Å². The molecular formula is C28H38O6. The second-order valence-electron chi connectivity index (χ2n) is 12.6. The van der Waals surface area contributed by atoms with Gasteiger partial charge in [-0.05, 0) is 77.0 Å². The van der Waals surface area contributed by atoms with Gasteiger partial charge >= 0.3 is 5.97 Å². The maximum absolute atomic E-state index is 13.4. The number of Topliss-reactive ketones (excluding diaryl/α,β-unsaturated/α-hetero) is 1. The van der Waals surface area contributed by atoms with E-state index in [-0.39, 0.29) is 53.7 Å². The van der Waals surface area contributed by atoms with E-state index in [2.05, 4.69) is 26.8 Å². The number of ketones is 1. The zero-order valence-electron chi connectivity index (χ0n) is 20.9. The Balaban J connectivity index is 1.39. The summed E-state index contributed by atoms with van der Waals surface area (Å²) >= 11 is 0. The van der Waals surface area contributed by atoms with Crippen molar-refractivity contribution in [3.63, 3.8) is 0 Å². The van der Waals surface area contributed by atoms with E-state index in [9.17, 15) is 19.8 Å². The molecule has 6 nitrogen and oxygen atoms in total. The highest BCUT2D eigenvalue weighted by Crippen LogP contribution is 2.75. The molecule has 0 amide bonds. The van der Waals surface area contributed by atoms with Gasteiger partial charge in [-0.2, -0.15) is 0 Å². The first-order valence-corrected chi connectivity index (χ1v) is 13.1. The zero-order chi connectivity index (χ0) is 24.3. The van der Waals surface area contributed by atoms with E-state index in [1.165, 1.54) is 0 Å². The van der Waals surface area contributed by atoms with Crippen LogP contribution in [0.15, 0.2) is 22.8 Å². The van der Waals surface area contributed by atoms with Crippen molar-refractivity contribution in [2.24, 2.45) is 28.6 Å². The SMILES string of the molecule is CC1=C(CO)C(=O)O[C@@H]([C@]2(C)O[C@@]34CC[C@H]2[C@@]3(C)CC[C@H]2[C@H]4CC=C3C[C@@H](O)CC(=O)[C@@]32C)C1. The van der Waals surface area contributed by atoms with Gasteiger partial charge in [0, 0.05) is 18.3 Å². The Hall–Kier alpha value is -1.50. The largest absolute Gasteiger partial charge is 0.456 e. The maximum atomic E-state index is 13.4. The van der Waals surface area contributed by atoms with Gasteiger partial charge in [0.1, 0.15) is 17.5 Å². The third kappa shape index (κ3) is 2.53. The molecule has 186 valence electrons. The van der Waals surface area contributed by atoms with Crippen LogP contribution in [0.5, 0.6) is 0 Å². The minimum absolute atomic E-state index is 0.0247. The van der Waals surface area contributed by atoms with Gasteiger partial charge in [0.2, 0.25) is 0 Å². The number of aliphatic hydroxyl groups excluding tert-OH is 2. The summed E-state index contributed by atoms with van der Waals surface area (Å²) in [6, 6.07) is 0. The van der Waals surface area contributed by atoms with Gasteiger partial charge in [0.05, 0.1) is 29.3 Å². The van der Waals surface area contributed by atoms with E-state index in [0.717, 1.165) is 43.3 Å². The van der Waals surface area contributed by atoms with Crippen LogP contribution in [0.25, 0.3) is 0 Å². The molecule has 2 heterocycles. The lowest BCUT2D eigenvalue weighted by Gasteiger charge is -2.59. The number of hydrogen-bond acceptors (Lipinski definition) is 6. The van der Waals surface area contributed by atoms with Crippen molar-refractivity contribution >= 4 is 11.8 Å². The summed E-state index contributed by atoms with van der Waals surface area (Å²) in [5, 5.41) is 19.9. The zero-order valence-corrected chi connectivity index (χ0v) is 20.9. The van der Waals surface area contributed by atoms with Gasteiger partial charge in [-0.3, -0.25) is 4.79 Å². The topological polar surface area (TPSA) is 93.1 Å². The quantitative estimate of drug-likeness (QED) is 0.473. The van der Waals surface area contributed by atoms with Crippen LogP contribution in [-0.2, 0) is 19.1 Å². The lowest BCUT2D eigenvalue weighted by atomic mass is 9.46. The van der Waals surface area contributed by atoms with Crippen molar-refractivity contribution in [2.45, 2.75) is 102 Å². The molecule has 2 aliphatic heterocycles. The minimum atomic E-state index is -0.586. The second-order valence-corrected chi connectivity index (χ2v) is 12.6.